The Hall–Kier alpha value is -2.29. The molecule has 20 heavy (non-hydrogen) atoms. The van der Waals surface area contributed by atoms with Crippen LogP contribution >= 0.6 is 0 Å². The number of hydrogen-bond donors (Lipinski definition) is 1. The third kappa shape index (κ3) is 2.67. The van der Waals surface area contributed by atoms with Gasteiger partial charge in [-0.3, -0.25) is 4.99 Å². The third-order valence-corrected chi connectivity index (χ3v) is 3.53. The van der Waals surface area contributed by atoms with Gasteiger partial charge in [-0.1, -0.05) is 30.3 Å². The van der Waals surface area contributed by atoms with Crippen molar-refractivity contribution in [1.29, 1.82) is 0 Å². The van der Waals surface area contributed by atoms with Crippen LogP contribution in [-0.4, -0.2) is 19.9 Å². The van der Waals surface area contributed by atoms with Crippen LogP contribution in [0.25, 0.3) is 0 Å². The fraction of sp³-hybridized carbons (Fsp3) is 0.235. The summed E-state index contributed by atoms with van der Waals surface area (Å²) in [5.74, 6) is 0.869. The summed E-state index contributed by atoms with van der Waals surface area (Å²) in [4.78, 5) is 4.32. The average molecular weight is 266 g/mol. The molecule has 0 amide bonds. The molecule has 2 aromatic rings. The van der Waals surface area contributed by atoms with Crippen LogP contribution in [0.1, 0.15) is 16.7 Å². The van der Waals surface area contributed by atoms with Crippen molar-refractivity contribution in [3.05, 3.63) is 59.2 Å². The highest BCUT2D eigenvalue weighted by atomic mass is 16.5. The zero-order valence-corrected chi connectivity index (χ0v) is 11.6. The Balaban J connectivity index is 1.83. The van der Waals surface area contributed by atoms with Gasteiger partial charge in [-0.2, -0.15) is 0 Å². The number of anilines is 1. The van der Waals surface area contributed by atoms with Gasteiger partial charge in [0, 0.05) is 19.3 Å². The van der Waals surface area contributed by atoms with E-state index < -0.39 is 0 Å². The molecule has 0 fully saturated rings. The SMILES string of the molecule is COc1cc2c(cc1NCc1ccccc1)CCN=C2. The van der Waals surface area contributed by atoms with E-state index in [4.69, 9.17) is 4.74 Å². The van der Waals surface area contributed by atoms with Crippen molar-refractivity contribution in [2.75, 3.05) is 19.0 Å². The quantitative estimate of drug-likeness (QED) is 0.921. The minimum absolute atomic E-state index is 0.796. The molecule has 2 aromatic carbocycles. The number of methoxy groups -OCH3 is 1. The Morgan fingerprint density at radius 3 is 2.85 bits per heavy atom. The monoisotopic (exact) mass is 266 g/mol. The Morgan fingerprint density at radius 2 is 2.05 bits per heavy atom. The van der Waals surface area contributed by atoms with Crippen LogP contribution in [0.3, 0.4) is 0 Å². The van der Waals surface area contributed by atoms with Gasteiger partial charge >= 0.3 is 0 Å². The first kappa shape index (κ1) is 12.7. The summed E-state index contributed by atoms with van der Waals surface area (Å²) in [6.07, 6.45) is 2.93. The van der Waals surface area contributed by atoms with Gasteiger partial charge in [-0.05, 0) is 35.2 Å². The standard InChI is InChI=1S/C17H18N2O/c1-20-17-10-15-12-18-8-7-14(15)9-16(17)19-11-13-5-3-2-4-6-13/h2-6,9-10,12,19H,7-8,11H2,1H3. The number of ether oxygens (including phenoxy) is 1. The summed E-state index contributed by atoms with van der Waals surface area (Å²) in [6, 6.07) is 14.6. The predicted octanol–water partition coefficient (Wildman–Crippen LogP) is 3.28. The summed E-state index contributed by atoms with van der Waals surface area (Å²) in [5, 5.41) is 3.46. The second-order valence-electron chi connectivity index (χ2n) is 4.88. The number of nitrogens with zero attached hydrogens (tertiary/aromatic N) is 1. The highest BCUT2D eigenvalue weighted by molar-refractivity contribution is 5.85. The van der Waals surface area contributed by atoms with Crippen LogP contribution < -0.4 is 10.1 Å². The molecule has 0 saturated heterocycles. The van der Waals surface area contributed by atoms with E-state index in [9.17, 15) is 0 Å². The minimum atomic E-state index is 0.796. The maximum absolute atomic E-state index is 5.48. The van der Waals surface area contributed by atoms with Gasteiger partial charge in [-0.15, -0.1) is 0 Å². The zero-order chi connectivity index (χ0) is 13.8. The zero-order valence-electron chi connectivity index (χ0n) is 11.6. The van der Waals surface area contributed by atoms with Crippen molar-refractivity contribution in [3.8, 4) is 5.75 Å². The second-order valence-corrected chi connectivity index (χ2v) is 4.88. The Morgan fingerprint density at radius 1 is 1.20 bits per heavy atom. The molecule has 1 heterocycles. The number of aliphatic imine (C=N–C) groups is 1. The van der Waals surface area contributed by atoms with Gasteiger partial charge in [0.2, 0.25) is 0 Å². The third-order valence-electron chi connectivity index (χ3n) is 3.53. The van der Waals surface area contributed by atoms with Crippen LogP contribution in [0.5, 0.6) is 5.75 Å². The van der Waals surface area contributed by atoms with Crippen LogP contribution in [0.2, 0.25) is 0 Å². The van der Waals surface area contributed by atoms with E-state index in [0.29, 0.717) is 0 Å². The summed E-state index contributed by atoms with van der Waals surface area (Å²) < 4.78 is 5.48. The molecule has 0 atom stereocenters. The lowest BCUT2D eigenvalue weighted by atomic mass is 10.0. The fourth-order valence-corrected chi connectivity index (χ4v) is 2.43. The highest BCUT2D eigenvalue weighted by Crippen LogP contribution is 2.29. The molecule has 0 aromatic heterocycles. The molecule has 1 aliphatic rings. The molecule has 1 N–H and O–H groups in total. The Labute approximate surface area is 119 Å². The summed E-state index contributed by atoms with van der Waals surface area (Å²) in [7, 11) is 1.70. The van der Waals surface area contributed by atoms with E-state index in [2.05, 4.69) is 46.7 Å². The van der Waals surface area contributed by atoms with Crippen molar-refractivity contribution < 1.29 is 4.74 Å². The average Bonchev–Trinajstić information content (AvgIpc) is 2.53. The van der Waals surface area contributed by atoms with Crippen LogP contribution in [0, 0.1) is 0 Å². The molecular weight excluding hydrogens is 248 g/mol. The van der Waals surface area contributed by atoms with Crippen LogP contribution in [0.4, 0.5) is 5.69 Å². The number of hydrogen-bond acceptors (Lipinski definition) is 3. The first-order valence-electron chi connectivity index (χ1n) is 6.85. The first-order valence-corrected chi connectivity index (χ1v) is 6.85. The summed E-state index contributed by atoms with van der Waals surface area (Å²) in [6.45, 7) is 1.67. The van der Waals surface area contributed by atoms with Gasteiger partial charge in [0.05, 0.1) is 12.8 Å². The molecule has 3 heteroatoms. The molecule has 3 rings (SSSR count). The molecule has 0 saturated carbocycles. The smallest absolute Gasteiger partial charge is 0.142 e. The molecule has 0 unspecified atom stereocenters. The van der Waals surface area contributed by atoms with E-state index in [1.165, 1.54) is 16.7 Å². The van der Waals surface area contributed by atoms with Crippen molar-refractivity contribution in [2.45, 2.75) is 13.0 Å². The normalized spacial score (nSPS) is 12.8. The lowest BCUT2D eigenvalue weighted by molar-refractivity contribution is 0.416. The number of nitrogens with one attached hydrogen (secondary N) is 1. The maximum Gasteiger partial charge on any atom is 0.142 e. The summed E-state index contributed by atoms with van der Waals surface area (Å²) >= 11 is 0. The topological polar surface area (TPSA) is 33.6 Å². The van der Waals surface area contributed by atoms with Gasteiger partial charge in [0.15, 0.2) is 0 Å². The van der Waals surface area contributed by atoms with Crippen molar-refractivity contribution in [1.82, 2.24) is 0 Å². The number of fused-ring (bicyclic) bond motifs is 1. The predicted molar refractivity (Wildman–Crippen MR) is 82.9 cm³/mol. The fourth-order valence-electron chi connectivity index (χ4n) is 2.43. The molecule has 0 aliphatic carbocycles. The van der Waals surface area contributed by atoms with Gasteiger partial charge in [0.25, 0.3) is 0 Å². The van der Waals surface area contributed by atoms with E-state index in [-0.39, 0.29) is 0 Å². The van der Waals surface area contributed by atoms with E-state index in [0.717, 1.165) is 30.9 Å². The van der Waals surface area contributed by atoms with E-state index >= 15 is 0 Å². The molecule has 0 bridgehead atoms. The van der Waals surface area contributed by atoms with Gasteiger partial charge in [0.1, 0.15) is 5.75 Å². The van der Waals surface area contributed by atoms with Gasteiger partial charge in [-0.25, -0.2) is 0 Å². The Kier molecular flexibility index (Phi) is 3.68. The van der Waals surface area contributed by atoms with Crippen LogP contribution in [-0.2, 0) is 13.0 Å². The Bertz CT molecular complexity index is 620. The maximum atomic E-state index is 5.48. The van der Waals surface area contributed by atoms with Crippen LogP contribution in [0.15, 0.2) is 47.5 Å². The van der Waals surface area contributed by atoms with Gasteiger partial charge < -0.3 is 10.1 Å². The second kappa shape index (κ2) is 5.78. The molecule has 1 aliphatic heterocycles. The summed E-state index contributed by atoms with van der Waals surface area (Å²) in [5.41, 5.74) is 4.80. The minimum Gasteiger partial charge on any atom is -0.495 e. The lowest BCUT2D eigenvalue weighted by Gasteiger charge is -2.17. The molecule has 0 spiro atoms. The molecule has 102 valence electrons. The van der Waals surface area contributed by atoms with E-state index in [1.54, 1.807) is 7.11 Å². The van der Waals surface area contributed by atoms with E-state index in [1.807, 2.05) is 12.3 Å². The first-order chi connectivity index (χ1) is 9.86. The highest BCUT2D eigenvalue weighted by Gasteiger charge is 2.11. The lowest BCUT2D eigenvalue weighted by Crippen LogP contribution is -2.07. The molecular formula is C17H18N2O. The number of rotatable bonds is 4. The van der Waals surface area contributed by atoms with Crippen molar-refractivity contribution in [2.24, 2.45) is 4.99 Å². The van der Waals surface area contributed by atoms with Crippen molar-refractivity contribution >= 4 is 11.9 Å². The number of benzene rings is 2. The molecule has 3 nitrogen and oxygen atoms in total. The van der Waals surface area contributed by atoms with Crippen molar-refractivity contribution in [3.63, 3.8) is 0 Å². The molecule has 0 radical (unpaired) electrons. The largest absolute Gasteiger partial charge is 0.495 e.